The molecule has 0 radical (unpaired) electrons. The Morgan fingerprint density at radius 1 is 0.714 bits per heavy atom. The van der Waals surface area contributed by atoms with Gasteiger partial charge in [0.05, 0.1) is 10.6 Å². The predicted molar refractivity (Wildman–Crippen MR) is 81.1 cm³/mol. The van der Waals surface area contributed by atoms with E-state index in [2.05, 4.69) is 0 Å². The van der Waals surface area contributed by atoms with Crippen LogP contribution in [0.3, 0.4) is 0 Å². The second-order valence-electron chi connectivity index (χ2n) is 4.15. The van der Waals surface area contributed by atoms with E-state index in [1.165, 1.54) is 12.1 Å². The number of sulfonamides is 2. The van der Waals surface area contributed by atoms with Crippen molar-refractivity contribution in [1.82, 2.24) is 0 Å². The fourth-order valence-corrected chi connectivity index (χ4v) is 2.61. The molecule has 0 aliphatic rings. The lowest BCUT2D eigenvalue weighted by Crippen LogP contribution is -2.14. The maximum absolute atomic E-state index is 10.6. The molecule has 0 aliphatic carbocycles. The molecular weight excluding hydrogens is 312 g/mol. The first kappa shape index (κ1) is 17.3. The molecule has 0 bridgehead atoms. The van der Waals surface area contributed by atoms with E-state index >= 15 is 0 Å². The maximum Gasteiger partial charge on any atom is 0.238 e. The van der Waals surface area contributed by atoms with Crippen molar-refractivity contribution in [1.29, 1.82) is 0 Å². The van der Waals surface area contributed by atoms with E-state index in [0.717, 1.165) is 5.56 Å². The minimum atomic E-state index is -3.50. The fourth-order valence-electron chi connectivity index (χ4n) is 1.42. The molecule has 0 aliphatic heterocycles. The third kappa shape index (κ3) is 7.57. The smallest absolute Gasteiger partial charge is 0.228 e. The minimum absolute atomic E-state index is 0.0894. The average Bonchev–Trinajstić information content (AvgIpc) is 2.39. The summed E-state index contributed by atoms with van der Waals surface area (Å²) in [6.07, 6.45) is 0. The number of nitrogens with two attached hydrogens (primary N) is 2. The zero-order valence-electron chi connectivity index (χ0n) is 11.1. The highest BCUT2D eigenvalue weighted by Gasteiger charge is 2.03. The highest BCUT2D eigenvalue weighted by atomic mass is 32.2. The zero-order valence-corrected chi connectivity index (χ0v) is 12.7. The van der Waals surface area contributed by atoms with Gasteiger partial charge in [0.2, 0.25) is 20.0 Å². The topological polar surface area (TPSA) is 120 Å². The van der Waals surface area contributed by atoms with E-state index in [0.29, 0.717) is 0 Å². The summed E-state index contributed by atoms with van der Waals surface area (Å²) in [6.45, 7) is 0. The Hall–Kier alpha value is -1.74. The lowest BCUT2D eigenvalue weighted by atomic mass is 10.2. The Bertz CT molecular complexity index is 758. The van der Waals surface area contributed by atoms with Crippen LogP contribution in [0.25, 0.3) is 0 Å². The summed E-state index contributed by atoms with van der Waals surface area (Å²) in [4.78, 5) is 0.148. The van der Waals surface area contributed by atoms with Gasteiger partial charge in [-0.15, -0.1) is 0 Å². The molecule has 0 saturated heterocycles. The van der Waals surface area contributed by atoms with Gasteiger partial charge in [-0.05, 0) is 17.7 Å². The van der Waals surface area contributed by atoms with E-state index in [1.54, 1.807) is 42.5 Å². The van der Waals surface area contributed by atoms with Gasteiger partial charge in [0.1, 0.15) is 0 Å². The van der Waals surface area contributed by atoms with Gasteiger partial charge < -0.3 is 0 Å². The number of hydrogen-bond acceptors (Lipinski definition) is 4. The van der Waals surface area contributed by atoms with Gasteiger partial charge in [0, 0.05) is 0 Å². The van der Waals surface area contributed by atoms with Crippen molar-refractivity contribution < 1.29 is 16.8 Å². The molecule has 0 saturated carbocycles. The first-order chi connectivity index (χ1) is 9.68. The van der Waals surface area contributed by atoms with E-state index in [9.17, 15) is 16.8 Å². The molecule has 0 amide bonds. The van der Waals surface area contributed by atoms with Crippen LogP contribution in [0.4, 0.5) is 0 Å². The van der Waals surface area contributed by atoms with Crippen LogP contribution in [0.5, 0.6) is 0 Å². The van der Waals surface area contributed by atoms with Gasteiger partial charge >= 0.3 is 0 Å². The summed E-state index contributed by atoms with van der Waals surface area (Å²) in [5.74, 6) is -0.0894. The Balaban J connectivity index is 0.000000211. The van der Waals surface area contributed by atoms with Crippen LogP contribution < -0.4 is 10.3 Å². The fraction of sp³-hybridized carbons (Fsp3) is 0.0769. The highest BCUT2D eigenvalue weighted by Crippen LogP contribution is 2.03. The molecule has 0 atom stereocenters. The number of benzene rings is 2. The SMILES string of the molecule is NS(=O)(=O)Cc1ccccc1.NS(=O)(=O)c1ccccc1. The molecule has 2 rings (SSSR count). The van der Waals surface area contributed by atoms with E-state index in [-0.39, 0.29) is 10.6 Å². The molecule has 0 spiro atoms. The molecule has 0 unspecified atom stereocenters. The van der Waals surface area contributed by atoms with E-state index < -0.39 is 20.0 Å². The lowest BCUT2D eigenvalue weighted by molar-refractivity contribution is 0.595. The van der Waals surface area contributed by atoms with Crippen molar-refractivity contribution in [2.75, 3.05) is 0 Å². The second-order valence-corrected chi connectivity index (χ2v) is 7.33. The normalized spacial score (nSPS) is 11.3. The van der Waals surface area contributed by atoms with Crippen molar-refractivity contribution in [3.05, 3.63) is 66.2 Å². The van der Waals surface area contributed by atoms with Gasteiger partial charge in [-0.3, -0.25) is 0 Å². The van der Waals surface area contributed by atoms with Crippen LogP contribution in [0.2, 0.25) is 0 Å². The summed E-state index contributed by atoms with van der Waals surface area (Å²) in [6, 6.07) is 16.7. The van der Waals surface area contributed by atoms with Gasteiger partial charge in [0.15, 0.2) is 0 Å². The van der Waals surface area contributed by atoms with Crippen LogP contribution >= 0.6 is 0 Å². The van der Waals surface area contributed by atoms with Crippen LogP contribution in [-0.2, 0) is 25.8 Å². The van der Waals surface area contributed by atoms with Gasteiger partial charge in [-0.2, -0.15) is 0 Å². The van der Waals surface area contributed by atoms with Crippen molar-refractivity contribution in [3.8, 4) is 0 Å². The predicted octanol–water partition coefficient (Wildman–Crippen LogP) is 0.809. The Morgan fingerprint density at radius 2 is 1.14 bits per heavy atom. The van der Waals surface area contributed by atoms with Gasteiger partial charge in [-0.25, -0.2) is 27.1 Å². The van der Waals surface area contributed by atoms with Crippen molar-refractivity contribution >= 4 is 20.0 Å². The third-order valence-corrected chi connectivity index (χ3v) is 3.95. The molecule has 4 N–H and O–H groups in total. The van der Waals surface area contributed by atoms with Gasteiger partial charge in [-0.1, -0.05) is 48.5 Å². The monoisotopic (exact) mass is 328 g/mol. The van der Waals surface area contributed by atoms with E-state index in [4.69, 9.17) is 10.3 Å². The van der Waals surface area contributed by atoms with Crippen molar-refractivity contribution in [3.63, 3.8) is 0 Å². The summed E-state index contributed by atoms with van der Waals surface area (Å²) in [7, 11) is -6.88. The number of primary sulfonamides is 2. The zero-order chi connectivity index (χ0) is 15.9. The first-order valence-electron chi connectivity index (χ1n) is 5.81. The largest absolute Gasteiger partial charge is 0.238 e. The summed E-state index contributed by atoms with van der Waals surface area (Å²) in [5.41, 5.74) is 0.718. The Labute approximate surface area is 124 Å². The number of hydrogen-bond donors (Lipinski definition) is 2. The minimum Gasteiger partial charge on any atom is -0.228 e. The average molecular weight is 328 g/mol. The summed E-state index contributed by atoms with van der Waals surface area (Å²) >= 11 is 0. The molecule has 21 heavy (non-hydrogen) atoms. The van der Waals surface area contributed by atoms with E-state index in [1.807, 2.05) is 6.07 Å². The van der Waals surface area contributed by atoms with Crippen LogP contribution in [0.15, 0.2) is 65.6 Å². The summed E-state index contributed by atoms with van der Waals surface area (Å²) < 4.78 is 42.4. The summed E-state index contributed by atoms with van der Waals surface area (Å²) in [5, 5.41) is 9.67. The molecule has 0 heterocycles. The van der Waals surface area contributed by atoms with Crippen molar-refractivity contribution in [2.45, 2.75) is 10.6 Å². The molecule has 2 aromatic rings. The first-order valence-corrected chi connectivity index (χ1v) is 9.07. The standard InChI is InChI=1S/C7H9NO2S.C6H7NO2S/c8-11(9,10)6-7-4-2-1-3-5-7;7-10(8,9)6-4-2-1-3-5-6/h1-5H,6H2,(H2,8,9,10);1-5H,(H2,7,8,9). The highest BCUT2D eigenvalue weighted by molar-refractivity contribution is 7.89. The molecule has 0 aromatic heterocycles. The Morgan fingerprint density at radius 3 is 1.48 bits per heavy atom. The van der Waals surface area contributed by atoms with Crippen LogP contribution in [0, 0.1) is 0 Å². The van der Waals surface area contributed by atoms with Crippen LogP contribution in [0.1, 0.15) is 5.56 Å². The molecule has 6 nitrogen and oxygen atoms in total. The lowest BCUT2D eigenvalue weighted by Gasteiger charge is -1.96. The van der Waals surface area contributed by atoms with Crippen LogP contribution in [-0.4, -0.2) is 16.8 Å². The molecule has 2 aromatic carbocycles. The third-order valence-electron chi connectivity index (χ3n) is 2.28. The second kappa shape index (κ2) is 7.32. The van der Waals surface area contributed by atoms with Gasteiger partial charge in [0.25, 0.3) is 0 Å². The number of rotatable bonds is 3. The molecule has 0 fully saturated rings. The molecular formula is C13H16N2O4S2. The molecule has 8 heteroatoms. The van der Waals surface area contributed by atoms with Crippen molar-refractivity contribution in [2.24, 2.45) is 10.3 Å². The molecule has 114 valence electrons. The maximum atomic E-state index is 10.6. The Kier molecular flexibility index (Phi) is 6.03. The quantitative estimate of drug-likeness (QED) is 0.866.